The number of hydrogen-bond donors (Lipinski definition) is 1. The van der Waals surface area contributed by atoms with Crippen LogP contribution in [0.5, 0.6) is 0 Å². The number of benzene rings is 1. The van der Waals surface area contributed by atoms with Crippen LogP contribution in [0.2, 0.25) is 0 Å². The van der Waals surface area contributed by atoms with Crippen LogP contribution in [0.25, 0.3) is 0 Å². The summed E-state index contributed by atoms with van der Waals surface area (Å²) in [6.45, 7) is 0.828. The van der Waals surface area contributed by atoms with Crippen molar-refractivity contribution in [3.05, 3.63) is 48.8 Å². The number of fused-ring (bicyclic) bond motifs is 1. The number of amides is 1. The fraction of sp³-hybridized carbons (Fsp3) is 0.200. The van der Waals surface area contributed by atoms with Crippen LogP contribution < -0.4 is 10.2 Å². The average molecular weight is 253 g/mol. The highest BCUT2D eigenvalue weighted by Gasteiger charge is 2.18. The fourth-order valence-electron chi connectivity index (χ4n) is 2.33. The maximum atomic E-state index is 11.7. The molecule has 0 saturated heterocycles. The predicted octanol–water partition coefficient (Wildman–Crippen LogP) is 2.95. The molecule has 0 radical (unpaired) electrons. The number of pyridine rings is 1. The zero-order chi connectivity index (χ0) is 13.1. The highest BCUT2D eigenvalue weighted by molar-refractivity contribution is 5.95. The number of carbonyl (C=O) groups excluding carboxylic acids is 1. The summed E-state index contributed by atoms with van der Waals surface area (Å²) in [5, 5.41) is 2.92. The van der Waals surface area contributed by atoms with Gasteiger partial charge in [0.2, 0.25) is 5.91 Å². The summed E-state index contributed by atoms with van der Waals surface area (Å²) in [6, 6.07) is 12.1. The molecular weight excluding hydrogens is 238 g/mol. The Balaban J connectivity index is 2.06. The second-order valence-corrected chi connectivity index (χ2v) is 4.53. The normalized spacial score (nSPS) is 15.2. The lowest BCUT2D eigenvalue weighted by atomic mass is 10.1. The molecule has 96 valence electrons. The molecule has 4 nitrogen and oxygen atoms in total. The lowest BCUT2D eigenvalue weighted by molar-refractivity contribution is -0.116. The van der Waals surface area contributed by atoms with Crippen molar-refractivity contribution in [2.24, 2.45) is 0 Å². The standard InChI is InChI=1S/C15H15N3O/c19-15-7-4-10-18(12-5-2-1-3-6-12)14-8-9-16-11-13(14)17-15/h1-3,5-6,8-9,11H,4,7,10H2,(H,17,19). The molecule has 1 aliphatic rings. The van der Waals surface area contributed by atoms with Crippen LogP contribution in [0.1, 0.15) is 12.8 Å². The van der Waals surface area contributed by atoms with Crippen molar-refractivity contribution in [2.45, 2.75) is 12.8 Å². The Kier molecular flexibility index (Phi) is 3.14. The maximum absolute atomic E-state index is 11.7. The molecule has 3 rings (SSSR count). The summed E-state index contributed by atoms with van der Waals surface area (Å²) in [4.78, 5) is 18.0. The number of anilines is 3. The smallest absolute Gasteiger partial charge is 0.224 e. The molecule has 1 aromatic heterocycles. The third kappa shape index (κ3) is 2.42. The molecule has 2 heterocycles. The van der Waals surface area contributed by atoms with E-state index < -0.39 is 0 Å². The van der Waals surface area contributed by atoms with E-state index in [1.165, 1.54) is 0 Å². The summed E-state index contributed by atoms with van der Waals surface area (Å²) >= 11 is 0. The molecular formula is C15H15N3O. The highest BCUT2D eigenvalue weighted by Crippen LogP contribution is 2.32. The molecule has 0 spiro atoms. The van der Waals surface area contributed by atoms with Crippen molar-refractivity contribution in [3.8, 4) is 0 Å². The Morgan fingerprint density at radius 1 is 1.16 bits per heavy atom. The van der Waals surface area contributed by atoms with Gasteiger partial charge in [-0.15, -0.1) is 0 Å². The van der Waals surface area contributed by atoms with Gasteiger partial charge in [-0.05, 0) is 24.6 Å². The number of nitrogens with zero attached hydrogens (tertiary/aromatic N) is 2. The van der Waals surface area contributed by atoms with E-state index in [0.717, 1.165) is 30.0 Å². The van der Waals surface area contributed by atoms with Crippen molar-refractivity contribution in [1.82, 2.24) is 4.98 Å². The van der Waals surface area contributed by atoms with E-state index in [2.05, 4.69) is 27.3 Å². The molecule has 0 bridgehead atoms. The first-order chi connectivity index (χ1) is 9.34. The van der Waals surface area contributed by atoms with Crippen LogP contribution in [0.4, 0.5) is 17.1 Å². The van der Waals surface area contributed by atoms with Gasteiger partial charge in [-0.25, -0.2) is 0 Å². The number of carbonyl (C=O) groups is 1. The molecule has 2 aromatic rings. The monoisotopic (exact) mass is 253 g/mol. The molecule has 1 amide bonds. The SMILES string of the molecule is O=C1CCCN(c2ccccc2)c2ccncc2N1. The zero-order valence-corrected chi connectivity index (χ0v) is 10.5. The van der Waals surface area contributed by atoms with E-state index in [-0.39, 0.29) is 5.91 Å². The number of hydrogen-bond acceptors (Lipinski definition) is 3. The first kappa shape index (κ1) is 11.7. The number of nitrogens with one attached hydrogen (secondary N) is 1. The molecule has 0 saturated carbocycles. The van der Waals surface area contributed by atoms with E-state index in [4.69, 9.17) is 0 Å². The molecule has 0 unspecified atom stereocenters. The fourth-order valence-corrected chi connectivity index (χ4v) is 2.33. The van der Waals surface area contributed by atoms with Crippen molar-refractivity contribution in [2.75, 3.05) is 16.8 Å². The van der Waals surface area contributed by atoms with E-state index in [1.54, 1.807) is 12.4 Å². The highest BCUT2D eigenvalue weighted by atomic mass is 16.1. The lowest BCUT2D eigenvalue weighted by Crippen LogP contribution is -2.25. The van der Waals surface area contributed by atoms with E-state index in [1.807, 2.05) is 24.3 Å². The molecule has 1 aliphatic heterocycles. The maximum Gasteiger partial charge on any atom is 0.224 e. The van der Waals surface area contributed by atoms with Crippen molar-refractivity contribution >= 4 is 23.0 Å². The van der Waals surface area contributed by atoms with Gasteiger partial charge in [-0.1, -0.05) is 18.2 Å². The first-order valence-electron chi connectivity index (χ1n) is 6.41. The van der Waals surface area contributed by atoms with Gasteiger partial charge in [-0.2, -0.15) is 0 Å². The minimum Gasteiger partial charge on any atom is -0.340 e. The Morgan fingerprint density at radius 2 is 2.00 bits per heavy atom. The molecule has 4 heteroatoms. The zero-order valence-electron chi connectivity index (χ0n) is 10.5. The Morgan fingerprint density at radius 3 is 2.84 bits per heavy atom. The molecule has 1 aromatic carbocycles. The number of rotatable bonds is 1. The van der Waals surface area contributed by atoms with Gasteiger partial charge < -0.3 is 10.2 Å². The topological polar surface area (TPSA) is 45.2 Å². The summed E-state index contributed by atoms with van der Waals surface area (Å²) in [6.07, 6.45) is 4.83. The predicted molar refractivity (Wildman–Crippen MR) is 75.5 cm³/mol. The van der Waals surface area contributed by atoms with Crippen molar-refractivity contribution in [3.63, 3.8) is 0 Å². The first-order valence-corrected chi connectivity index (χ1v) is 6.41. The molecule has 0 fully saturated rings. The average Bonchev–Trinajstić information content (AvgIpc) is 2.43. The van der Waals surface area contributed by atoms with Gasteiger partial charge in [-0.3, -0.25) is 9.78 Å². The van der Waals surface area contributed by atoms with E-state index in [0.29, 0.717) is 6.42 Å². The van der Waals surface area contributed by atoms with Gasteiger partial charge in [0, 0.05) is 24.8 Å². The van der Waals surface area contributed by atoms with Crippen LogP contribution in [0, 0.1) is 0 Å². The van der Waals surface area contributed by atoms with Crippen molar-refractivity contribution < 1.29 is 4.79 Å². The quantitative estimate of drug-likeness (QED) is 0.849. The molecule has 0 atom stereocenters. The van der Waals surface area contributed by atoms with Crippen LogP contribution in [-0.4, -0.2) is 17.4 Å². The van der Waals surface area contributed by atoms with Crippen LogP contribution in [0.3, 0.4) is 0 Å². The van der Waals surface area contributed by atoms with E-state index in [9.17, 15) is 4.79 Å². The Labute approximate surface area is 112 Å². The summed E-state index contributed by atoms with van der Waals surface area (Å²) in [5.74, 6) is 0.0574. The number of aromatic nitrogens is 1. The van der Waals surface area contributed by atoms with Crippen LogP contribution in [-0.2, 0) is 4.79 Å². The summed E-state index contributed by atoms with van der Waals surface area (Å²) in [7, 11) is 0. The Hall–Kier alpha value is -2.36. The van der Waals surface area contributed by atoms with Gasteiger partial charge in [0.25, 0.3) is 0 Å². The molecule has 0 aliphatic carbocycles. The van der Waals surface area contributed by atoms with E-state index >= 15 is 0 Å². The lowest BCUT2D eigenvalue weighted by Gasteiger charge is -2.28. The third-order valence-corrected chi connectivity index (χ3v) is 3.22. The van der Waals surface area contributed by atoms with Gasteiger partial charge in [0.1, 0.15) is 0 Å². The van der Waals surface area contributed by atoms with Crippen LogP contribution in [0.15, 0.2) is 48.8 Å². The molecule has 1 N–H and O–H groups in total. The van der Waals surface area contributed by atoms with Gasteiger partial charge >= 0.3 is 0 Å². The summed E-state index contributed by atoms with van der Waals surface area (Å²) in [5.41, 5.74) is 2.90. The van der Waals surface area contributed by atoms with Gasteiger partial charge in [0.15, 0.2) is 0 Å². The second-order valence-electron chi connectivity index (χ2n) is 4.53. The molecule has 19 heavy (non-hydrogen) atoms. The van der Waals surface area contributed by atoms with Crippen LogP contribution >= 0.6 is 0 Å². The minimum absolute atomic E-state index is 0.0574. The van der Waals surface area contributed by atoms with Crippen molar-refractivity contribution in [1.29, 1.82) is 0 Å². The largest absolute Gasteiger partial charge is 0.340 e. The Bertz CT molecular complexity index is 583. The van der Waals surface area contributed by atoms with Gasteiger partial charge in [0.05, 0.1) is 17.6 Å². The minimum atomic E-state index is 0.0574. The number of para-hydroxylation sites is 1. The summed E-state index contributed by atoms with van der Waals surface area (Å²) < 4.78 is 0. The third-order valence-electron chi connectivity index (χ3n) is 3.22. The second kappa shape index (κ2) is 5.10.